The minimum absolute atomic E-state index is 0.307. The van der Waals surface area contributed by atoms with Crippen molar-refractivity contribution in [2.24, 2.45) is 5.84 Å². The first-order valence-corrected chi connectivity index (χ1v) is 6.52. The third-order valence-electron chi connectivity index (χ3n) is 2.60. The van der Waals surface area contributed by atoms with Crippen molar-refractivity contribution in [3.8, 4) is 0 Å². The van der Waals surface area contributed by atoms with Crippen LogP contribution in [0, 0.1) is 0 Å². The van der Waals surface area contributed by atoms with Gasteiger partial charge in [-0.15, -0.1) is 0 Å². The van der Waals surface area contributed by atoms with Gasteiger partial charge in [-0.1, -0.05) is 12.1 Å². The molecule has 0 aromatic heterocycles. The molecule has 0 unspecified atom stereocenters. The Morgan fingerprint density at radius 3 is 2.75 bits per heavy atom. The Hall–Kier alpha value is -1.47. The molecule has 0 saturated carbocycles. The van der Waals surface area contributed by atoms with Crippen molar-refractivity contribution in [1.82, 2.24) is 5.43 Å². The highest BCUT2D eigenvalue weighted by molar-refractivity contribution is 5.93. The highest BCUT2D eigenvalue weighted by Gasteiger charge is 2.03. The van der Waals surface area contributed by atoms with Crippen LogP contribution >= 0.6 is 0 Å². The topological polar surface area (TPSA) is 82.8 Å². The second-order valence-electron chi connectivity index (χ2n) is 4.19. The van der Waals surface area contributed by atoms with E-state index in [0.29, 0.717) is 38.6 Å². The van der Waals surface area contributed by atoms with Crippen molar-refractivity contribution >= 4 is 5.91 Å². The Bertz CT molecular complexity index is 399. The van der Waals surface area contributed by atoms with Gasteiger partial charge in [0.15, 0.2) is 0 Å². The molecule has 1 aromatic carbocycles. The van der Waals surface area contributed by atoms with Gasteiger partial charge in [-0.05, 0) is 24.1 Å². The monoisotopic (exact) mass is 282 g/mol. The van der Waals surface area contributed by atoms with Crippen molar-refractivity contribution < 1.29 is 19.0 Å². The Morgan fingerprint density at radius 2 is 2.00 bits per heavy atom. The summed E-state index contributed by atoms with van der Waals surface area (Å²) in [6, 6.07) is 7.17. The number of hydrogen-bond acceptors (Lipinski definition) is 5. The average molecular weight is 282 g/mol. The number of nitrogens with one attached hydrogen (secondary N) is 1. The van der Waals surface area contributed by atoms with Gasteiger partial charge in [-0.25, -0.2) is 5.84 Å². The molecule has 0 heterocycles. The maximum atomic E-state index is 11.4. The van der Waals surface area contributed by atoms with E-state index in [0.717, 1.165) is 12.0 Å². The summed E-state index contributed by atoms with van der Waals surface area (Å²) >= 11 is 0. The zero-order chi connectivity index (χ0) is 14.6. The van der Waals surface area contributed by atoms with Gasteiger partial charge in [-0.3, -0.25) is 10.2 Å². The molecule has 0 bridgehead atoms. The van der Waals surface area contributed by atoms with Crippen LogP contribution < -0.4 is 11.3 Å². The maximum Gasteiger partial charge on any atom is 0.265 e. The van der Waals surface area contributed by atoms with Crippen LogP contribution in [0.5, 0.6) is 0 Å². The summed E-state index contributed by atoms with van der Waals surface area (Å²) in [6.45, 7) is 2.94. The fraction of sp³-hybridized carbons (Fsp3) is 0.500. The Kier molecular flexibility index (Phi) is 8.57. The average Bonchev–Trinajstić information content (AvgIpc) is 2.49. The van der Waals surface area contributed by atoms with Crippen molar-refractivity contribution in [3.63, 3.8) is 0 Å². The predicted octanol–water partition coefficient (Wildman–Crippen LogP) is 0.860. The second kappa shape index (κ2) is 10.3. The molecule has 0 aliphatic rings. The highest BCUT2D eigenvalue weighted by atomic mass is 16.5. The molecule has 112 valence electrons. The number of hydrazine groups is 1. The van der Waals surface area contributed by atoms with E-state index in [9.17, 15) is 4.79 Å². The second-order valence-corrected chi connectivity index (χ2v) is 4.19. The van der Waals surface area contributed by atoms with E-state index >= 15 is 0 Å². The molecule has 0 spiro atoms. The lowest BCUT2D eigenvalue weighted by Crippen LogP contribution is -2.29. The summed E-state index contributed by atoms with van der Waals surface area (Å²) in [5.74, 6) is 4.78. The number of rotatable bonds is 10. The molecule has 0 atom stereocenters. The number of ether oxygens (including phenoxy) is 3. The molecule has 1 rings (SSSR count). The molecule has 1 aromatic rings. The highest BCUT2D eigenvalue weighted by Crippen LogP contribution is 2.06. The minimum Gasteiger partial charge on any atom is -0.382 e. The third kappa shape index (κ3) is 6.63. The summed E-state index contributed by atoms with van der Waals surface area (Å²) in [5.41, 5.74) is 3.56. The van der Waals surface area contributed by atoms with Gasteiger partial charge in [0.05, 0.1) is 19.8 Å². The van der Waals surface area contributed by atoms with Gasteiger partial charge in [-0.2, -0.15) is 0 Å². The van der Waals surface area contributed by atoms with Crippen LogP contribution in [0.3, 0.4) is 0 Å². The van der Waals surface area contributed by atoms with Crippen LogP contribution in [-0.2, 0) is 20.8 Å². The fourth-order valence-corrected chi connectivity index (χ4v) is 1.58. The summed E-state index contributed by atoms with van der Waals surface area (Å²) in [4.78, 5) is 11.4. The normalized spacial score (nSPS) is 10.5. The van der Waals surface area contributed by atoms with Gasteiger partial charge in [0.2, 0.25) is 0 Å². The molecule has 0 saturated heterocycles. The number of amides is 1. The molecule has 1 amide bonds. The lowest BCUT2D eigenvalue weighted by atomic mass is 10.1. The van der Waals surface area contributed by atoms with Crippen LogP contribution in [-0.4, -0.2) is 39.4 Å². The molecule has 0 aliphatic carbocycles. The summed E-state index contributed by atoms with van der Waals surface area (Å²) < 4.78 is 15.7. The van der Waals surface area contributed by atoms with Crippen molar-refractivity contribution in [1.29, 1.82) is 0 Å². The Balaban J connectivity index is 2.17. The van der Waals surface area contributed by atoms with Gasteiger partial charge in [0.1, 0.15) is 0 Å². The number of hydrogen-bond donors (Lipinski definition) is 2. The smallest absolute Gasteiger partial charge is 0.265 e. The van der Waals surface area contributed by atoms with E-state index in [1.807, 2.05) is 6.07 Å². The van der Waals surface area contributed by atoms with E-state index in [2.05, 4.69) is 5.43 Å². The number of carbonyl (C=O) groups excluding carboxylic acids is 1. The number of methoxy groups -OCH3 is 1. The van der Waals surface area contributed by atoms with Crippen LogP contribution in [0.15, 0.2) is 24.3 Å². The first-order chi connectivity index (χ1) is 9.77. The van der Waals surface area contributed by atoms with Crippen molar-refractivity contribution in [2.45, 2.75) is 13.0 Å². The largest absolute Gasteiger partial charge is 0.382 e. The molecule has 20 heavy (non-hydrogen) atoms. The summed E-state index contributed by atoms with van der Waals surface area (Å²) in [7, 11) is 1.64. The minimum atomic E-state index is -0.307. The Morgan fingerprint density at radius 1 is 1.20 bits per heavy atom. The quantitative estimate of drug-likeness (QED) is 0.288. The number of nitrogen functional groups attached to an aromatic ring is 1. The summed E-state index contributed by atoms with van der Waals surface area (Å²) in [6.07, 6.45) is 0.826. The number of benzene rings is 1. The van der Waals surface area contributed by atoms with E-state index in [1.54, 1.807) is 25.3 Å². The predicted molar refractivity (Wildman–Crippen MR) is 75.1 cm³/mol. The van der Waals surface area contributed by atoms with Gasteiger partial charge in [0, 0.05) is 25.9 Å². The lowest BCUT2D eigenvalue weighted by Gasteiger charge is -2.07. The lowest BCUT2D eigenvalue weighted by molar-refractivity contribution is 0.0483. The number of carbonyl (C=O) groups is 1. The third-order valence-corrected chi connectivity index (χ3v) is 2.60. The molecule has 0 fully saturated rings. The van der Waals surface area contributed by atoms with Crippen molar-refractivity contribution in [3.05, 3.63) is 35.4 Å². The van der Waals surface area contributed by atoms with E-state index < -0.39 is 0 Å². The first-order valence-electron chi connectivity index (χ1n) is 6.52. The van der Waals surface area contributed by atoms with Crippen LogP contribution in [0.1, 0.15) is 22.3 Å². The van der Waals surface area contributed by atoms with E-state index in [1.165, 1.54) is 0 Å². The summed E-state index contributed by atoms with van der Waals surface area (Å²) in [5, 5.41) is 0. The fourth-order valence-electron chi connectivity index (χ4n) is 1.58. The van der Waals surface area contributed by atoms with E-state index in [4.69, 9.17) is 20.1 Å². The maximum absolute atomic E-state index is 11.4. The molecule has 0 radical (unpaired) electrons. The molecule has 6 nitrogen and oxygen atoms in total. The van der Waals surface area contributed by atoms with Crippen molar-refractivity contribution in [2.75, 3.05) is 33.5 Å². The standard InChI is InChI=1S/C14H22N2O4/c1-18-8-9-19-6-3-7-20-11-12-4-2-5-13(10-12)14(17)16-15/h2,4-5,10H,3,6-9,11,15H2,1H3,(H,16,17). The zero-order valence-electron chi connectivity index (χ0n) is 11.8. The first kappa shape index (κ1) is 16.6. The molecular weight excluding hydrogens is 260 g/mol. The van der Waals surface area contributed by atoms with Gasteiger partial charge in [0.25, 0.3) is 5.91 Å². The molecule has 0 aliphatic heterocycles. The van der Waals surface area contributed by atoms with Crippen LogP contribution in [0.25, 0.3) is 0 Å². The Labute approximate surface area is 119 Å². The number of nitrogens with two attached hydrogens (primary N) is 1. The molecular formula is C14H22N2O4. The SMILES string of the molecule is COCCOCCCOCc1cccc(C(=O)NN)c1. The van der Waals surface area contributed by atoms with Crippen LogP contribution in [0.4, 0.5) is 0 Å². The van der Waals surface area contributed by atoms with Crippen LogP contribution in [0.2, 0.25) is 0 Å². The van der Waals surface area contributed by atoms with Gasteiger partial charge >= 0.3 is 0 Å². The van der Waals surface area contributed by atoms with Gasteiger partial charge < -0.3 is 14.2 Å². The zero-order valence-corrected chi connectivity index (χ0v) is 11.8. The molecule has 6 heteroatoms. The van der Waals surface area contributed by atoms with E-state index in [-0.39, 0.29) is 5.91 Å². The molecule has 3 N–H and O–H groups in total.